The highest BCUT2D eigenvalue weighted by atomic mass is 32.2. The molecule has 0 atom stereocenters. The summed E-state index contributed by atoms with van der Waals surface area (Å²) >= 11 is 0.802. The first-order valence-corrected chi connectivity index (χ1v) is 18.3. The summed E-state index contributed by atoms with van der Waals surface area (Å²) in [5.41, 5.74) is 5.97. The van der Waals surface area contributed by atoms with Gasteiger partial charge in [0.1, 0.15) is 49.8 Å². The summed E-state index contributed by atoms with van der Waals surface area (Å²) in [5.74, 6) is -0.362. The number of fused-ring (bicyclic) bond motifs is 1. The van der Waals surface area contributed by atoms with Gasteiger partial charge in [-0.1, -0.05) is 5.04 Å². The van der Waals surface area contributed by atoms with Crippen LogP contribution in [0.4, 0.5) is 39.8 Å². The molecule has 0 saturated heterocycles. The van der Waals surface area contributed by atoms with E-state index in [2.05, 4.69) is 40.1 Å². The van der Waals surface area contributed by atoms with Gasteiger partial charge in [0.05, 0.1) is 50.4 Å². The van der Waals surface area contributed by atoms with Crippen molar-refractivity contribution in [3.8, 4) is 23.0 Å². The largest absolute Gasteiger partial charge is 0.505 e. The van der Waals surface area contributed by atoms with Gasteiger partial charge >= 0.3 is 0 Å². The van der Waals surface area contributed by atoms with Crippen molar-refractivity contribution in [1.82, 2.24) is 0 Å². The lowest BCUT2D eigenvalue weighted by molar-refractivity contribution is -0.432. The number of ether oxygens (including phenoxy) is 3. The number of hydrogen-bond donors (Lipinski definition) is 5. The predicted molar refractivity (Wildman–Crippen MR) is 192 cm³/mol. The minimum atomic E-state index is -5.08. The van der Waals surface area contributed by atoms with Crippen LogP contribution in [-0.4, -0.2) is 57.6 Å². The minimum Gasteiger partial charge on any atom is -0.505 e. The molecule has 0 aliphatic heterocycles. The number of benzene rings is 5. The summed E-state index contributed by atoms with van der Waals surface area (Å²) in [6.45, 7) is 0. The van der Waals surface area contributed by atoms with Gasteiger partial charge in [0.15, 0.2) is 5.75 Å². The number of methoxy groups -OCH3 is 3. The molecule has 0 aromatic heterocycles. The molecule has 0 fully saturated rings. The van der Waals surface area contributed by atoms with Crippen LogP contribution in [-0.2, 0) is 29.6 Å². The zero-order valence-electron chi connectivity index (χ0n) is 27.9. The number of rotatable bonds is 14. The second kappa shape index (κ2) is 16.5. The lowest BCUT2D eigenvalue weighted by Gasteiger charge is -2.12. The number of nitrogens with zero attached hydrogens (tertiary/aromatic N) is 6. The highest BCUT2D eigenvalue weighted by Gasteiger charge is 2.25. The maximum absolute atomic E-state index is 12.3. The van der Waals surface area contributed by atoms with E-state index in [-0.39, 0.29) is 33.6 Å². The van der Waals surface area contributed by atoms with E-state index in [0.717, 1.165) is 30.2 Å². The third-order valence-corrected chi connectivity index (χ3v) is 9.55. The van der Waals surface area contributed by atoms with Crippen molar-refractivity contribution < 1.29 is 59.9 Å². The Bertz CT molecular complexity index is 2530. The molecule has 6 N–H and O–H groups in total. The first-order valence-electron chi connectivity index (χ1n) is 14.6. The van der Waals surface area contributed by atoms with Crippen LogP contribution in [0.1, 0.15) is 0 Å². The number of nitrogens with two attached hydrogens (primary N) is 1. The maximum atomic E-state index is 12.3. The Kier molecular flexibility index (Phi) is 12.0. The highest BCUT2D eigenvalue weighted by Crippen LogP contribution is 2.46. The SMILES string of the molecule is COc1cc(N=Nc2ccc(SOOO)cc2)ccc1N=Nc1cc(OC)c(N=Nc2c(S(=O)(=O)O)cc3cc(S(=O)(=O)O)c(N)cc3c2O)cc1OC. The topological polar surface area (TPSA) is 296 Å². The number of nitrogen functional groups attached to an aromatic ring is 1. The van der Waals surface area contributed by atoms with Crippen molar-refractivity contribution in [2.75, 3.05) is 27.1 Å². The van der Waals surface area contributed by atoms with Crippen LogP contribution in [0.3, 0.4) is 0 Å². The second-order valence-electron chi connectivity index (χ2n) is 10.5. The summed E-state index contributed by atoms with van der Waals surface area (Å²) < 4.78 is 88.2. The van der Waals surface area contributed by atoms with Gasteiger partial charge < -0.3 is 25.1 Å². The van der Waals surface area contributed by atoms with E-state index >= 15 is 0 Å². The quantitative estimate of drug-likeness (QED) is 0.0176. The molecule has 0 spiro atoms. The van der Waals surface area contributed by atoms with Crippen LogP contribution < -0.4 is 19.9 Å². The first kappa shape index (κ1) is 39.4. The molecule has 0 bridgehead atoms. The lowest BCUT2D eigenvalue weighted by Crippen LogP contribution is -2.04. The molecule has 20 nitrogen and oxygen atoms in total. The summed E-state index contributed by atoms with van der Waals surface area (Å²) in [6.07, 6.45) is 0. The molecule has 0 saturated carbocycles. The van der Waals surface area contributed by atoms with Crippen molar-refractivity contribution in [2.24, 2.45) is 30.7 Å². The minimum absolute atomic E-state index is 0.0384. The van der Waals surface area contributed by atoms with Crippen LogP contribution in [0.2, 0.25) is 0 Å². The van der Waals surface area contributed by atoms with E-state index in [0.29, 0.717) is 27.7 Å². The Hall–Kier alpha value is -5.79. The van der Waals surface area contributed by atoms with Crippen molar-refractivity contribution >= 4 is 82.9 Å². The van der Waals surface area contributed by atoms with Gasteiger partial charge in [0, 0.05) is 28.5 Å². The Morgan fingerprint density at radius 1 is 0.630 bits per heavy atom. The summed E-state index contributed by atoms with van der Waals surface area (Å²) in [5, 5.41) is 47.2. The number of azo groups is 3. The second-order valence-corrected chi connectivity index (χ2v) is 14.1. The van der Waals surface area contributed by atoms with Crippen LogP contribution >= 0.6 is 12.0 Å². The molecule has 0 aliphatic carbocycles. The zero-order valence-corrected chi connectivity index (χ0v) is 30.3. The molecule has 23 heteroatoms. The maximum Gasteiger partial charge on any atom is 0.296 e. The van der Waals surface area contributed by atoms with E-state index < -0.39 is 47.2 Å². The lowest BCUT2D eigenvalue weighted by atomic mass is 10.1. The molecule has 5 aromatic rings. The van der Waals surface area contributed by atoms with E-state index in [9.17, 15) is 31.0 Å². The summed E-state index contributed by atoms with van der Waals surface area (Å²) in [4.78, 5) is -1.04. The molecule has 0 heterocycles. The fourth-order valence-electron chi connectivity index (χ4n) is 4.69. The van der Waals surface area contributed by atoms with Crippen LogP contribution in [0, 0.1) is 0 Å². The first-order chi connectivity index (χ1) is 25.7. The summed E-state index contributed by atoms with van der Waals surface area (Å²) in [6, 6.07) is 16.9. The molecule has 0 radical (unpaired) electrons. The van der Waals surface area contributed by atoms with Gasteiger partial charge in [0.25, 0.3) is 20.2 Å². The van der Waals surface area contributed by atoms with Crippen molar-refractivity contribution in [3.05, 3.63) is 72.8 Å². The zero-order chi connectivity index (χ0) is 39.2. The molecule has 5 aromatic carbocycles. The number of phenols is 1. The number of aromatic hydroxyl groups is 1. The van der Waals surface area contributed by atoms with E-state index in [1.807, 2.05) is 0 Å². The van der Waals surface area contributed by atoms with E-state index in [1.54, 1.807) is 42.5 Å². The van der Waals surface area contributed by atoms with Gasteiger partial charge in [0.2, 0.25) is 0 Å². The van der Waals surface area contributed by atoms with Gasteiger partial charge in [-0.25, -0.2) is 5.26 Å². The van der Waals surface area contributed by atoms with Crippen LogP contribution in [0.25, 0.3) is 10.8 Å². The molecule has 0 aliphatic rings. The average Bonchev–Trinajstić information content (AvgIpc) is 3.14. The Morgan fingerprint density at radius 3 is 1.72 bits per heavy atom. The number of hydrogen-bond acceptors (Lipinski definition) is 19. The van der Waals surface area contributed by atoms with Crippen molar-refractivity contribution in [2.45, 2.75) is 14.7 Å². The number of anilines is 1. The molecular formula is C31H27N7O13S3. The molecule has 54 heavy (non-hydrogen) atoms. The Labute approximate surface area is 310 Å². The third kappa shape index (κ3) is 9.04. The molecule has 5 rings (SSSR count). The Morgan fingerprint density at radius 2 is 1.15 bits per heavy atom. The molecule has 0 amide bonds. The normalized spacial score (nSPS) is 12.3. The van der Waals surface area contributed by atoms with Crippen LogP contribution in [0.15, 0.2) is 118 Å². The van der Waals surface area contributed by atoms with Gasteiger partial charge in [-0.3, -0.25) is 9.11 Å². The summed E-state index contributed by atoms with van der Waals surface area (Å²) in [7, 11) is -5.84. The predicted octanol–water partition coefficient (Wildman–Crippen LogP) is 8.32. The van der Waals surface area contributed by atoms with Gasteiger partial charge in [-0.15, -0.1) is 24.8 Å². The van der Waals surface area contributed by atoms with Gasteiger partial charge in [-0.05, 0) is 60.0 Å². The third-order valence-electron chi connectivity index (χ3n) is 7.18. The van der Waals surface area contributed by atoms with Crippen molar-refractivity contribution in [3.63, 3.8) is 0 Å². The Balaban J connectivity index is 1.45. The van der Waals surface area contributed by atoms with Crippen molar-refractivity contribution in [1.29, 1.82) is 0 Å². The average molecular weight is 802 g/mol. The highest BCUT2D eigenvalue weighted by molar-refractivity contribution is 7.94. The van der Waals surface area contributed by atoms with E-state index in [4.69, 9.17) is 25.2 Å². The molecular weight excluding hydrogens is 775 g/mol. The smallest absolute Gasteiger partial charge is 0.296 e. The van der Waals surface area contributed by atoms with E-state index in [1.165, 1.54) is 33.5 Å². The van der Waals surface area contributed by atoms with Crippen LogP contribution in [0.5, 0.6) is 23.0 Å². The monoisotopic (exact) mass is 801 g/mol. The fourth-order valence-corrected chi connectivity index (χ4v) is 6.34. The molecule has 282 valence electrons. The fraction of sp³-hybridized carbons (Fsp3) is 0.0968. The molecule has 0 unspecified atom stereocenters. The van der Waals surface area contributed by atoms with Gasteiger partial charge in [-0.2, -0.15) is 27.1 Å². The number of phenolic OH excluding ortho intramolecular Hbond substituents is 1. The standard InChI is InChI=1S/C31H27N7O13S3/c1-47-25-12-18(34-33-17-4-7-19(8-5-17)52-51-50-40)6-9-22(25)35-36-23-14-27(49-3)24(15-26(23)48-2)37-38-30-29(54(44,45)46)11-16-10-28(53(41,42)43)21(32)13-20(16)31(30)39/h4-15,39-40H,32H2,1-3H3,(H,41,42,43)(H,44,45,46).